The zero-order valence-corrected chi connectivity index (χ0v) is 19.7. The third-order valence-corrected chi connectivity index (χ3v) is 5.60. The fraction of sp³-hybridized carbons (Fsp3) is 0.250. The monoisotopic (exact) mass is 490 g/mol. The van der Waals surface area contributed by atoms with Crippen LogP contribution in [0.15, 0.2) is 70.5 Å². The lowest BCUT2D eigenvalue weighted by molar-refractivity contribution is -0.118. The molecule has 0 aliphatic heterocycles. The number of nitrogen functional groups attached to an aromatic ring is 1. The summed E-state index contributed by atoms with van der Waals surface area (Å²) in [5, 5.41) is 11.1. The van der Waals surface area contributed by atoms with Crippen LogP contribution in [0.1, 0.15) is 17.5 Å². The van der Waals surface area contributed by atoms with Crippen molar-refractivity contribution in [1.82, 2.24) is 29.8 Å². The van der Waals surface area contributed by atoms with Crippen LogP contribution >= 0.6 is 0 Å². The molecular formula is C24H26N8O4. The second-order valence-electron chi connectivity index (χ2n) is 8.05. The number of ether oxygens (including phenoxy) is 1. The Morgan fingerprint density at radius 3 is 2.50 bits per heavy atom. The summed E-state index contributed by atoms with van der Waals surface area (Å²) in [7, 11) is 1.56. The molecule has 0 spiro atoms. The first kappa shape index (κ1) is 24.5. The summed E-state index contributed by atoms with van der Waals surface area (Å²) in [6, 6.07) is 16.4. The van der Waals surface area contributed by atoms with Gasteiger partial charge in [-0.25, -0.2) is 9.48 Å². The van der Waals surface area contributed by atoms with Crippen LogP contribution in [0, 0.1) is 0 Å². The first-order valence-electron chi connectivity index (χ1n) is 11.3. The van der Waals surface area contributed by atoms with Crippen molar-refractivity contribution in [2.24, 2.45) is 0 Å². The van der Waals surface area contributed by atoms with Gasteiger partial charge in [0, 0.05) is 20.3 Å². The van der Waals surface area contributed by atoms with Crippen molar-refractivity contribution in [3.8, 4) is 5.69 Å². The van der Waals surface area contributed by atoms with Gasteiger partial charge in [0.1, 0.15) is 12.1 Å². The number of amides is 1. The zero-order valence-electron chi connectivity index (χ0n) is 19.7. The molecule has 186 valence electrons. The number of nitrogens with one attached hydrogen (secondary N) is 1. The molecular weight excluding hydrogens is 464 g/mol. The number of benzene rings is 2. The number of anilines is 2. The SMILES string of the molecule is COCCCN(C(=O)Cc1ccc(-n2cnnn2)cc1)c1c(N)n(Cc2ccccc2)c(=O)[nH]c1=O. The lowest BCUT2D eigenvalue weighted by Gasteiger charge is -2.24. The number of carbonyl (C=O) groups excluding carboxylic acids is 1. The molecule has 0 saturated carbocycles. The van der Waals surface area contributed by atoms with Crippen molar-refractivity contribution in [2.75, 3.05) is 30.9 Å². The van der Waals surface area contributed by atoms with Gasteiger partial charge in [-0.1, -0.05) is 42.5 Å². The third kappa shape index (κ3) is 5.55. The Balaban J connectivity index is 1.64. The third-order valence-electron chi connectivity index (χ3n) is 5.60. The van der Waals surface area contributed by atoms with Gasteiger partial charge in [-0.05, 0) is 40.1 Å². The Kier molecular flexibility index (Phi) is 7.66. The van der Waals surface area contributed by atoms with Gasteiger partial charge in [0.05, 0.1) is 18.7 Å². The Bertz CT molecular complexity index is 1410. The van der Waals surface area contributed by atoms with Crippen LogP contribution in [0.2, 0.25) is 0 Å². The zero-order chi connectivity index (χ0) is 25.5. The quantitative estimate of drug-likeness (QED) is 0.309. The number of aromatic amines is 1. The van der Waals surface area contributed by atoms with Crippen LogP contribution < -0.4 is 21.9 Å². The number of nitrogens with zero attached hydrogens (tertiary/aromatic N) is 6. The number of nitrogens with two attached hydrogens (primary N) is 1. The van der Waals surface area contributed by atoms with Crippen LogP contribution in [0.5, 0.6) is 0 Å². The molecule has 0 radical (unpaired) electrons. The highest BCUT2D eigenvalue weighted by molar-refractivity contribution is 5.96. The smallest absolute Gasteiger partial charge is 0.330 e. The maximum Gasteiger partial charge on any atom is 0.330 e. The highest BCUT2D eigenvalue weighted by Crippen LogP contribution is 2.20. The van der Waals surface area contributed by atoms with Gasteiger partial charge in [-0.2, -0.15) is 0 Å². The van der Waals surface area contributed by atoms with Gasteiger partial charge in [-0.3, -0.25) is 19.1 Å². The number of aromatic nitrogens is 6. The predicted octanol–water partition coefficient (Wildman–Crippen LogP) is 0.755. The summed E-state index contributed by atoms with van der Waals surface area (Å²) < 4.78 is 7.88. The normalized spacial score (nSPS) is 10.9. The fourth-order valence-electron chi connectivity index (χ4n) is 3.81. The van der Waals surface area contributed by atoms with E-state index in [1.165, 1.54) is 20.5 Å². The molecule has 0 aliphatic rings. The van der Waals surface area contributed by atoms with E-state index in [2.05, 4.69) is 20.5 Å². The standard InChI is InChI=1S/C24H26N8O4/c1-36-13-5-12-30(20(33)14-17-8-10-19(11-9-17)32-16-26-28-29-32)21-22(25)31(24(35)27-23(21)34)15-18-6-3-2-4-7-18/h2-4,6-11,16H,5,12-15,25H2,1H3,(H,27,34,35). The van der Waals surface area contributed by atoms with E-state index in [1.54, 1.807) is 31.4 Å². The van der Waals surface area contributed by atoms with E-state index in [9.17, 15) is 14.4 Å². The molecule has 4 aromatic rings. The van der Waals surface area contributed by atoms with Crippen LogP contribution in [-0.2, 0) is 22.5 Å². The van der Waals surface area contributed by atoms with E-state index in [-0.39, 0.29) is 36.9 Å². The van der Waals surface area contributed by atoms with Gasteiger partial charge in [0.25, 0.3) is 5.56 Å². The first-order valence-corrected chi connectivity index (χ1v) is 11.3. The Hall–Kier alpha value is -4.58. The molecule has 4 rings (SSSR count). The first-order chi connectivity index (χ1) is 17.5. The summed E-state index contributed by atoms with van der Waals surface area (Å²) in [6.07, 6.45) is 1.95. The second-order valence-corrected chi connectivity index (χ2v) is 8.05. The summed E-state index contributed by atoms with van der Waals surface area (Å²) in [5.41, 5.74) is 7.20. The van der Waals surface area contributed by atoms with E-state index < -0.39 is 11.2 Å². The van der Waals surface area contributed by atoms with Crippen LogP contribution in [0.4, 0.5) is 11.5 Å². The number of rotatable bonds is 10. The van der Waals surface area contributed by atoms with Gasteiger partial charge in [0.2, 0.25) is 5.91 Å². The Morgan fingerprint density at radius 2 is 1.83 bits per heavy atom. The van der Waals surface area contributed by atoms with E-state index in [4.69, 9.17) is 10.5 Å². The van der Waals surface area contributed by atoms with Crippen molar-refractivity contribution in [1.29, 1.82) is 0 Å². The summed E-state index contributed by atoms with van der Waals surface area (Å²) >= 11 is 0. The molecule has 12 heteroatoms. The fourth-order valence-corrected chi connectivity index (χ4v) is 3.81. The van der Waals surface area contributed by atoms with Crippen LogP contribution in [0.3, 0.4) is 0 Å². The summed E-state index contributed by atoms with van der Waals surface area (Å²) in [4.78, 5) is 42.5. The van der Waals surface area contributed by atoms with Crippen LogP contribution in [-0.4, -0.2) is 55.9 Å². The molecule has 2 aromatic carbocycles. The highest BCUT2D eigenvalue weighted by Gasteiger charge is 2.24. The van der Waals surface area contributed by atoms with E-state index >= 15 is 0 Å². The molecule has 0 bridgehead atoms. The summed E-state index contributed by atoms with van der Waals surface area (Å²) in [5.74, 6) is -0.421. The van der Waals surface area contributed by atoms with Crippen molar-refractivity contribution in [2.45, 2.75) is 19.4 Å². The van der Waals surface area contributed by atoms with Crippen molar-refractivity contribution < 1.29 is 9.53 Å². The largest absolute Gasteiger partial charge is 0.385 e. The molecule has 0 aliphatic carbocycles. The van der Waals surface area contributed by atoms with Crippen molar-refractivity contribution in [3.63, 3.8) is 0 Å². The molecule has 0 fully saturated rings. The van der Waals surface area contributed by atoms with Crippen molar-refractivity contribution >= 4 is 17.4 Å². The number of hydrogen-bond acceptors (Lipinski definition) is 8. The van der Waals surface area contributed by atoms with Crippen LogP contribution in [0.25, 0.3) is 5.69 Å². The topological polar surface area (TPSA) is 154 Å². The lowest BCUT2D eigenvalue weighted by atomic mass is 10.1. The minimum absolute atomic E-state index is 0.0135. The van der Waals surface area contributed by atoms with Gasteiger partial charge in [0.15, 0.2) is 5.69 Å². The van der Waals surface area contributed by atoms with E-state index in [0.717, 1.165) is 16.8 Å². The molecule has 36 heavy (non-hydrogen) atoms. The van der Waals surface area contributed by atoms with E-state index in [1.807, 2.05) is 30.3 Å². The molecule has 2 aromatic heterocycles. The minimum atomic E-state index is -0.721. The maximum absolute atomic E-state index is 13.4. The van der Waals surface area contributed by atoms with Gasteiger partial charge < -0.3 is 15.4 Å². The molecule has 3 N–H and O–H groups in total. The Morgan fingerprint density at radius 1 is 1.08 bits per heavy atom. The van der Waals surface area contributed by atoms with Gasteiger partial charge >= 0.3 is 5.69 Å². The van der Waals surface area contributed by atoms with Crippen molar-refractivity contribution in [3.05, 3.63) is 92.9 Å². The highest BCUT2D eigenvalue weighted by atomic mass is 16.5. The number of H-pyrrole nitrogens is 1. The number of hydrogen-bond donors (Lipinski definition) is 2. The average Bonchev–Trinajstić information content (AvgIpc) is 3.42. The minimum Gasteiger partial charge on any atom is -0.385 e. The number of methoxy groups -OCH3 is 1. The molecule has 12 nitrogen and oxygen atoms in total. The van der Waals surface area contributed by atoms with E-state index in [0.29, 0.717) is 13.0 Å². The van der Waals surface area contributed by atoms with Gasteiger partial charge in [-0.15, -0.1) is 5.10 Å². The molecule has 0 unspecified atom stereocenters. The predicted molar refractivity (Wildman–Crippen MR) is 133 cm³/mol. The molecule has 1 amide bonds. The number of carbonyl (C=O) groups is 1. The molecule has 0 saturated heterocycles. The molecule has 2 heterocycles. The summed E-state index contributed by atoms with van der Waals surface area (Å²) in [6.45, 7) is 0.714. The number of tetrazole rings is 1. The molecule has 0 atom stereocenters. The average molecular weight is 491 g/mol. The Labute approximate surface area is 205 Å². The maximum atomic E-state index is 13.4. The lowest BCUT2D eigenvalue weighted by Crippen LogP contribution is -2.42. The second kappa shape index (κ2) is 11.2.